The summed E-state index contributed by atoms with van der Waals surface area (Å²) in [5.74, 6) is 2.74. The summed E-state index contributed by atoms with van der Waals surface area (Å²) in [5, 5.41) is 2.95. The van der Waals surface area contributed by atoms with Gasteiger partial charge in [0.05, 0.1) is 0 Å². The third kappa shape index (κ3) is 3.85. The van der Waals surface area contributed by atoms with Crippen LogP contribution in [0.5, 0.6) is 5.75 Å². The van der Waals surface area contributed by atoms with E-state index in [9.17, 15) is 4.79 Å². The summed E-state index contributed by atoms with van der Waals surface area (Å²) in [6.45, 7) is 0.0606. The smallest absolute Gasteiger partial charge is 0.258 e. The lowest BCUT2D eigenvalue weighted by Crippen LogP contribution is -2.37. The van der Waals surface area contributed by atoms with Gasteiger partial charge in [-0.3, -0.25) is 4.79 Å². The topological polar surface area (TPSA) is 64.3 Å². The maximum atomic E-state index is 11.6. The number of nitrogens with one attached hydrogen (secondary N) is 1. The fourth-order valence-electron chi connectivity index (χ4n) is 1.63. The highest BCUT2D eigenvalue weighted by molar-refractivity contribution is 7.99. The lowest BCUT2D eigenvalue weighted by Gasteiger charge is -2.11. The number of carbonyl (C=O) groups excluding carboxylic acids is 1. The number of benzene rings is 1. The minimum atomic E-state index is -0.0608. The van der Waals surface area contributed by atoms with E-state index in [-0.39, 0.29) is 12.5 Å². The molecule has 92 valence electrons. The minimum absolute atomic E-state index is 0.0606. The lowest BCUT2D eigenvalue weighted by atomic mass is 10.2. The van der Waals surface area contributed by atoms with Crippen LogP contribution in [0.3, 0.4) is 0 Å². The van der Waals surface area contributed by atoms with E-state index in [2.05, 4.69) is 5.32 Å². The zero-order valence-electron chi connectivity index (χ0n) is 9.52. The van der Waals surface area contributed by atoms with Gasteiger partial charge in [-0.25, -0.2) is 0 Å². The number of carbonyl (C=O) groups is 1. The molecule has 0 aromatic heterocycles. The van der Waals surface area contributed by atoms with Gasteiger partial charge in [-0.1, -0.05) is 0 Å². The van der Waals surface area contributed by atoms with Crippen molar-refractivity contribution in [2.24, 2.45) is 0 Å². The first-order valence-corrected chi connectivity index (χ1v) is 6.75. The number of ether oxygens (including phenoxy) is 1. The SMILES string of the molecule is Nc1ccc(OCC(=O)NC2CCSC2)cc1. The van der Waals surface area contributed by atoms with Gasteiger partial charge >= 0.3 is 0 Å². The van der Waals surface area contributed by atoms with Crippen LogP contribution >= 0.6 is 11.8 Å². The van der Waals surface area contributed by atoms with E-state index in [0.29, 0.717) is 17.5 Å². The quantitative estimate of drug-likeness (QED) is 0.792. The molecule has 1 heterocycles. The molecular weight excluding hydrogens is 236 g/mol. The van der Waals surface area contributed by atoms with E-state index in [1.807, 2.05) is 11.8 Å². The van der Waals surface area contributed by atoms with Crippen molar-refractivity contribution in [2.75, 3.05) is 23.8 Å². The Bertz CT molecular complexity index is 375. The average Bonchev–Trinajstić information content (AvgIpc) is 2.81. The van der Waals surface area contributed by atoms with Crippen LogP contribution in [0.4, 0.5) is 5.69 Å². The fourth-order valence-corrected chi connectivity index (χ4v) is 2.78. The molecule has 3 N–H and O–H groups in total. The molecule has 4 nitrogen and oxygen atoms in total. The van der Waals surface area contributed by atoms with Crippen molar-refractivity contribution in [2.45, 2.75) is 12.5 Å². The number of rotatable bonds is 4. The van der Waals surface area contributed by atoms with Gasteiger partial charge in [-0.2, -0.15) is 11.8 Å². The lowest BCUT2D eigenvalue weighted by molar-refractivity contribution is -0.123. The number of amides is 1. The van der Waals surface area contributed by atoms with Crippen molar-refractivity contribution in [3.05, 3.63) is 24.3 Å². The molecule has 2 rings (SSSR count). The van der Waals surface area contributed by atoms with E-state index < -0.39 is 0 Å². The molecule has 5 heteroatoms. The van der Waals surface area contributed by atoms with Crippen LogP contribution < -0.4 is 15.8 Å². The Morgan fingerprint density at radius 2 is 2.24 bits per heavy atom. The van der Waals surface area contributed by atoms with Crippen molar-refractivity contribution in [3.63, 3.8) is 0 Å². The van der Waals surface area contributed by atoms with Crippen molar-refractivity contribution in [1.82, 2.24) is 5.32 Å². The molecular formula is C12H16N2O2S. The molecule has 1 unspecified atom stereocenters. The van der Waals surface area contributed by atoms with E-state index in [1.165, 1.54) is 0 Å². The van der Waals surface area contributed by atoms with Gasteiger partial charge in [-0.05, 0) is 36.4 Å². The molecule has 0 saturated carbocycles. The van der Waals surface area contributed by atoms with Gasteiger partial charge in [0, 0.05) is 17.5 Å². The number of anilines is 1. The molecule has 1 aliphatic heterocycles. The van der Waals surface area contributed by atoms with Crippen LogP contribution in [0.25, 0.3) is 0 Å². The van der Waals surface area contributed by atoms with Crippen molar-refractivity contribution in [3.8, 4) is 5.75 Å². The molecule has 1 amide bonds. The molecule has 1 atom stereocenters. The molecule has 0 bridgehead atoms. The van der Waals surface area contributed by atoms with Gasteiger partial charge in [0.1, 0.15) is 5.75 Å². The van der Waals surface area contributed by atoms with Crippen LogP contribution in [0, 0.1) is 0 Å². The first-order chi connectivity index (χ1) is 8.24. The van der Waals surface area contributed by atoms with Gasteiger partial charge < -0.3 is 15.8 Å². The van der Waals surface area contributed by atoms with Crippen molar-refractivity contribution >= 4 is 23.4 Å². The monoisotopic (exact) mass is 252 g/mol. The molecule has 17 heavy (non-hydrogen) atoms. The standard InChI is InChI=1S/C12H16N2O2S/c13-9-1-3-11(4-2-9)16-7-12(15)14-10-5-6-17-8-10/h1-4,10H,5-8,13H2,(H,14,15). The van der Waals surface area contributed by atoms with Crippen LogP contribution in [0.2, 0.25) is 0 Å². The average molecular weight is 252 g/mol. The summed E-state index contributed by atoms with van der Waals surface area (Å²) < 4.78 is 5.36. The van der Waals surface area contributed by atoms with Gasteiger partial charge in [-0.15, -0.1) is 0 Å². The van der Waals surface area contributed by atoms with Crippen LogP contribution in [-0.4, -0.2) is 30.1 Å². The third-order valence-electron chi connectivity index (χ3n) is 2.54. The predicted octanol–water partition coefficient (Wildman–Crippen LogP) is 1.27. The van der Waals surface area contributed by atoms with Gasteiger partial charge in [0.15, 0.2) is 6.61 Å². The summed E-state index contributed by atoms with van der Waals surface area (Å²) in [4.78, 5) is 11.6. The Labute approximate surface area is 105 Å². The van der Waals surface area contributed by atoms with Crippen LogP contribution in [0.15, 0.2) is 24.3 Å². The summed E-state index contributed by atoms with van der Waals surface area (Å²) >= 11 is 1.87. The zero-order chi connectivity index (χ0) is 12.1. The van der Waals surface area contributed by atoms with Gasteiger partial charge in [0.2, 0.25) is 0 Å². The minimum Gasteiger partial charge on any atom is -0.484 e. The second kappa shape index (κ2) is 5.82. The molecule has 0 radical (unpaired) electrons. The van der Waals surface area contributed by atoms with Crippen molar-refractivity contribution in [1.29, 1.82) is 0 Å². The fraction of sp³-hybridized carbons (Fsp3) is 0.417. The normalized spacial score (nSPS) is 18.9. The molecule has 1 aliphatic rings. The summed E-state index contributed by atoms with van der Waals surface area (Å²) in [7, 11) is 0. The highest BCUT2D eigenvalue weighted by Gasteiger charge is 2.17. The Morgan fingerprint density at radius 3 is 2.88 bits per heavy atom. The Morgan fingerprint density at radius 1 is 1.47 bits per heavy atom. The van der Waals surface area contributed by atoms with E-state index >= 15 is 0 Å². The van der Waals surface area contributed by atoms with Gasteiger partial charge in [0.25, 0.3) is 5.91 Å². The molecule has 1 aromatic carbocycles. The predicted molar refractivity (Wildman–Crippen MR) is 70.2 cm³/mol. The zero-order valence-corrected chi connectivity index (χ0v) is 10.3. The van der Waals surface area contributed by atoms with Crippen molar-refractivity contribution < 1.29 is 9.53 Å². The summed E-state index contributed by atoms with van der Waals surface area (Å²) in [6, 6.07) is 7.33. The van der Waals surface area contributed by atoms with E-state index in [1.54, 1.807) is 24.3 Å². The Hall–Kier alpha value is -1.36. The number of nitrogens with two attached hydrogens (primary N) is 1. The second-order valence-corrected chi connectivity index (χ2v) is 5.14. The third-order valence-corrected chi connectivity index (χ3v) is 3.71. The largest absolute Gasteiger partial charge is 0.484 e. The highest BCUT2D eigenvalue weighted by atomic mass is 32.2. The Balaban J connectivity index is 1.73. The van der Waals surface area contributed by atoms with E-state index in [4.69, 9.17) is 10.5 Å². The summed E-state index contributed by atoms with van der Waals surface area (Å²) in [6.07, 6.45) is 1.05. The highest BCUT2D eigenvalue weighted by Crippen LogP contribution is 2.17. The molecule has 1 aromatic rings. The summed E-state index contributed by atoms with van der Waals surface area (Å²) in [5.41, 5.74) is 6.24. The molecule has 0 spiro atoms. The van der Waals surface area contributed by atoms with E-state index in [0.717, 1.165) is 17.9 Å². The molecule has 0 aliphatic carbocycles. The number of nitrogen functional groups attached to an aromatic ring is 1. The Kier molecular flexibility index (Phi) is 4.14. The maximum Gasteiger partial charge on any atom is 0.258 e. The first-order valence-electron chi connectivity index (χ1n) is 5.59. The molecule has 1 fully saturated rings. The molecule has 1 saturated heterocycles. The number of hydrogen-bond acceptors (Lipinski definition) is 4. The number of thioether (sulfide) groups is 1. The number of hydrogen-bond donors (Lipinski definition) is 2. The van der Waals surface area contributed by atoms with Crippen LogP contribution in [0.1, 0.15) is 6.42 Å². The first kappa shape index (κ1) is 12.1. The maximum absolute atomic E-state index is 11.6. The second-order valence-electron chi connectivity index (χ2n) is 3.99. The van der Waals surface area contributed by atoms with Crippen LogP contribution in [-0.2, 0) is 4.79 Å².